The van der Waals surface area contributed by atoms with Gasteiger partial charge in [-0.25, -0.2) is 13.1 Å². The molecule has 0 unspecified atom stereocenters. The van der Waals surface area contributed by atoms with Gasteiger partial charge < -0.3 is 0 Å². The molecule has 0 radical (unpaired) electrons. The number of halogens is 2. The molecule has 1 saturated carbocycles. The Kier molecular flexibility index (Phi) is 6.29. The molecule has 1 aliphatic carbocycles. The minimum atomic E-state index is -3.45. The average molecular weight is 439 g/mol. The standard InChI is InChI=1S/C15H21Br2NO2S/c1-11-9-14(17)15(10-13(11)16)21(19,20)18-8-4-7-12-5-2-3-6-12/h9-10,12,18H,2-8H2,1H3. The number of sulfonamides is 1. The monoisotopic (exact) mass is 437 g/mol. The van der Waals surface area contributed by atoms with Gasteiger partial charge in [-0.15, -0.1) is 0 Å². The maximum Gasteiger partial charge on any atom is 0.241 e. The van der Waals surface area contributed by atoms with Crippen LogP contribution >= 0.6 is 31.9 Å². The van der Waals surface area contributed by atoms with Crippen LogP contribution in [0.1, 0.15) is 44.1 Å². The van der Waals surface area contributed by atoms with Gasteiger partial charge in [-0.05, 0) is 59.3 Å². The fourth-order valence-corrected chi connectivity index (χ4v) is 5.56. The van der Waals surface area contributed by atoms with Crippen molar-refractivity contribution < 1.29 is 8.42 Å². The van der Waals surface area contributed by atoms with Gasteiger partial charge in [0.2, 0.25) is 10.0 Å². The molecule has 2 rings (SSSR count). The summed E-state index contributed by atoms with van der Waals surface area (Å²) in [6.07, 6.45) is 7.32. The lowest BCUT2D eigenvalue weighted by atomic mass is 10.0. The molecule has 1 aromatic rings. The van der Waals surface area contributed by atoms with Crippen LogP contribution < -0.4 is 4.72 Å². The van der Waals surface area contributed by atoms with Gasteiger partial charge in [0.25, 0.3) is 0 Å². The minimum absolute atomic E-state index is 0.292. The predicted molar refractivity (Wildman–Crippen MR) is 93.0 cm³/mol. The van der Waals surface area contributed by atoms with Crippen molar-refractivity contribution in [3.8, 4) is 0 Å². The normalized spacial score (nSPS) is 16.5. The highest BCUT2D eigenvalue weighted by atomic mass is 79.9. The van der Waals surface area contributed by atoms with E-state index in [1.807, 2.05) is 13.0 Å². The maximum atomic E-state index is 12.4. The minimum Gasteiger partial charge on any atom is -0.211 e. The largest absolute Gasteiger partial charge is 0.241 e. The lowest BCUT2D eigenvalue weighted by Crippen LogP contribution is -2.25. The average Bonchev–Trinajstić information content (AvgIpc) is 2.92. The van der Waals surface area contributed by atoms with Crippen LogP contribution in [0, 0.1) is 12.8 Å². The van der Waals surface area contributed by atoms with E-state index in [1.54, 1.807) is 6.07 Å². The number of aryl methyl sites for hydroxylation is 1. The molecule has 21 heavy (non-hydrogen) atoms. The van der Waals surface area contributed by atoms with E-state index in [4.69, 9.17) is 0 Å². The van der Waals surface area contributed by atoms with Crippen LogP contribution in [0.3, 0.4) is 0 Å². The highest BCUT2D eigenvalue weighted by Crippen LogP contribution is 2.30. The topological polar surface area (TPSA) is 46.2 Å². The van der Waals surface area contributed by atoms with Crippen LogP contribution in [0.4, 0.5) is 0 Å². The molecule has 1 fully saturated rings. The molecule has 3 nitrogen and oxygen atoms in total. The molecular weight excluding hydrogens is 418 g/mol. The number of hydrogen-bond acceptors (Lipinski definition) is 2. The molecule has 1 aliphatic rings. The van der Waals surface area contributed by atoms with Gasteiger partial charge in [0, 0.05) is 15.5 Å². The van der Waals surface area contributed by atoms with E-state index >= 15 is 0 Å². The van der Waals surface area contributed by atoms with Crippen LogP contribution in [0.15, 0.2) is 26.0 Å². The van der Waals surface area contributed by atoms with E-state index in [9.17, 15) is 8.42 Å². The van der Waals surface area contributed by atoms with Crippen molar-refractivity contribution in [3.05, 3.63) is 26.6 Å². The van der Waals surface area contributed by atoms with Crippen molar-refractivity contribution in [2.75, 3.05) is 6.54 Å². The molecule has 0 bridgehead atoms. The Labute approximate surface area is 144 Å². The van der Waals surface area contributed by atoms with Crippen LogP contribution in [0.25, 0.3) is 0 Å². The summed E-state index contributed by atoms with van der Waals surface area (Å²) in [6, 6.07) is 3.47. The number of nitrogens with one attached hydrogen (secondary N) is 1. The predicted octanol–water partition coefficient (Wildman–Crippen LogP) is 4.77. The molecule has 0 amide bonds. The summed E-state index contributed by atoms with van der Waals surface area (Å²) >= 11 is 6.73. The van der Waals surface area contributed by atoms with E-state index < -0.39 is 10.0 Å². The Morgan fingerprint density at radius 2 is 1.86 bits per heavy atom. The molecule has 0 aromatic heterocycles. The Balaban J connectivity index is 1.93. The highest BCUT2D eigenvalue weighted by Gasteiger charge is 2.19. The maximum absolute atomic E-state index is 12.4. The van der Waals surface area contributed by atoms with Crippen LogP contribution in [-0.4, -0.2) is 15.0 Å². The number of rotatable bonds is 6. The van der Waals surface area contributed by atoms with Crippen molar-refractivity contribution in [1.29, 1.82) is 0 Å². The first-order chi connectivity index (χ1) is 9.90. The second-order valence-electron chi connectivity index (χ2n) is 5.72. The van der Waals surface area contributed by atoms with Crippen molar-refractivity contribution in [3.63, 3.8) is 0 Å². The Bertz CT molecular complexity index is 596. The first-order valence-electron chi connectivity index (χ1n) is 7.35. The second kappa shape index (κ2) is 7.57. The molecule has 1 aromatic carbocycles. The lowest BCUT2D eigenvalue weighted by molar-refractivity contribution is 0.480. The van der Waals surface area contributed by atoms with E-state index in [1.165, 1.54) is 25.7 Å². The zero-order chi connectivity index (χ0) is 15.5. The fraction of sp³-hybridized carbons (Fsp3) is 0.600. The third-order valence-electron chi connectivity index (χ3n) is 4.06. The van der Waals surface area contributed by atoms with E-state index in [2.05, 4.69) is 36.6 Å². The van der Waals surface area contributed by atoms with Crippen LogP contribution in [0.2, 0.25) is 0 Å². The van der Waals surface area contributed by atoms with Gasteiger partial charge in [0.05, 0.1) is 4.90 Å². The van der Waals surface area contributed by atoms with Crippen LogP contribution in [-0.2, 0) is 10.0 Å². The van der Waals surface area contributed by atoms with Gasteiger partial charge in [0.15, 0.2) is 0 Å². The third kappa shape index (κ3) is 4.78. The molecular formula is C15H21Br2NO2S. The van der Waals surface area contributed by atoms with Crippen LogP contribution in [0.5, 0.6) is 0 Å². The van der Waals surface area contributed by atoms with Crippen molar-refractivity contribution in [2.24, 2.45) is 5.92 Å². The first-order valence-corrected chi connectivity index (χ1v) is 10.4. The molecule has 118 valence electrons. The molecule has 0 spiro atoms. The summed E-state index contributed by atoms with van der Waals surface area (Å²) in [6.45, 7) is 2.44. The Morgan fingerprint density at radius 1 is 1.19 bits per heavy atom. The Morgan fingerprint density at radius 3 is 2.52 bits per heavy atom. The molecule has 6 heteroatoms. The molecule has 0 aliphatic heterocycles. The summed E-state index contributed by atoms with van der Waals surface area (Å²) in [5.41, 5.74) is 1.00. The summed E-state index contributed by atoms with van der Waals surface area (Å²) in [4.78, 5) is 0.292. The van der Waals surface area contributed by atoms with Gasteiger partial charge in [-0.3, -0.25) is 0 Å². The molecule has 1 N–H and O–H groups in total. The van der Waals surface area contributed by atoms with Crippen molar-refractivity contribution in [2.45, 2.75) is 50.3 Å². The van der Waals surface area contributed by atoms with Crippen molar-refractivity contribution in [1.82, 2.24) is 4.72 Å². The Hall–Kier alpha value is 0.0900. The summed E-state index contributed by atoms with van der Waals surface area (Å²) < 4.78 is 28.8. The fourth-order valence-electron chi connectivity index (χ4n) is 2.81. The number of benzene rings is 1. The van der Waals surface area contributed by atoms with Gasteiger partial charge in [0.1, 0.15) is 0 Å². The zero-order valence-corrected chi connectivity index (χ0v) is 16.2. The summed E-state index contributed by atoms with van der Waals surface area (Å²) in [7, 11) is -3.45. The second-order valence-corrected chi connectivity index (χ2v) is 9.17. The van der Waals surface area contributed by atoms with Crippen molar-refractivity contribution >= 4 is 41.9 Å². The van der Waals surface area contributed by atoms with E-state index in [0.29, 0.717) is 15.9 Å². The van der Waals surface area contributed by atoms with Gasteiger partial charge in [-0.1, -0.05) is 41.6 Å². The van der Waals surface area contributed by atoms with E-state index in [0.717, 1.165) is 28.8 Å². The molecule has 0 heterocycles. The highest BCUT2D eigenvalue weighted by molar-refractivity contribution is 9.11. The first kappa shape index (κ1) is 17.4. The zero-order valence-electron chi connectivity index (χ0n) is 12.2. The quantitative estimate of drug-likeness (QED) is 0.650. The summed E-state index contributed by atoms with van der Waals surface area (Å²) in [5.74, 6) is 0.801. The molecule has 0 saturated heterocycles. The van der Waals surface area contributed by atoms with E-state index in [-0.39, 0.29) is 0 Å². The SMILES string of the molecule is Cc1cc(Br)c(S(=O)(=O)NCCCC2CCCC2)cc1Br. The summed E-state index contributed by atoms with van der Waals surface area (Å²) in [5, 5.41) is 0. The number of hydrogen-bond donors (Lipinski definition) is 1. The van der Waals surface area contributed by atoms with Gasteiger partial charge >= 0.3 is 0 Å². The lowest BCUT2D eigenvalue weighted by Gasteiger charge is -2.12. The van der Waals surface area contributed by atoms with Gasteiger partial charge in [-0.2, -0.15) is 0 Å². The smallest absolute Gasteiger partial charge is 0.211 e. The third-order valence-corrected chi connectivity index (χ3v) is 7.33. The molecule has 0 atom stereocenters.